The molecule has 0 radical (unpaired) electrons. The maximum Gasteiger partial charge on any atom is 0.125 e. The molecule has 0 bridgehead atoms. The van der Waals surface area contributed by atoms with E-state index in [9.17, 15) is 4.39 Å². The van der Waals surface area contributed by atoms with E-state index in [0.717, 1.165) is 5.69 Å². The number of rotatable bonds is 4. The van der Waals surface area contributed by atoms with Crippen molar-refractivity contribution in [2.24, 2.45) is 0 Å². The number of anilines is 2. The Morgan fingerprint density at radius 2 is 1.56 bits per heavy atom. The van der Waals surface area contributed by atoms with Crippen molar-refractivity contribution in [2.45, 2.75) is 0 Å². The summed E-state index contributed by atoms with van der Waals surface area (Å²) in [6.07, 6.45) is 0. The first-order valence-electron chi connectivity index (χ1n) is 5.47. The fourth-order valence-corrected chi connectivity index (χ4v) is 1.61. The molecule has 1 N–H and O–H groups in total. The second-order valence-corrected chi connectivity index (χ2v) is 3.74. The Kier molecular flexibility index (Phi) is 3.67. The van der Waals surface area contributed by atoms with Crippen LogP contribution in [0.3, 0.4) is 0 Å². The average molecular weight is 247 g/mol. The summed E-state index contributed by atoms with van der Waals surface area (Å²) in [6, 6.07) is 11.7. The molecule has 0 saturated heterocycles. The lowest BCUT2D eigenvalue weighted by Crippen LogP contribution is -1.94. The van der Waals surface area contributed by atoms with Crippen LogP contribution in [0.4, 0.5) is 15.8 Å². The van der Waals surface area contributed by atoms with E-state index in [1.54, 1.807) is 32.4 Å². The standard InChI is InChI=1S/C14H14FNO2/c1-17-13-7-12(8-14(9-13)18-2)16-11-5-3-4-10(15)6-11/h3-9,16H,1-2H3. The number of hydrogen-bond acceptors (Lipinski definition) is 3. The lowest BCUT2D eigenvalue weighted by atomic mass is 10.2. The topological polar surface area (TPSA) is 30.5 Å². The smallest absolute Gasteiger partial charge is 0.125 e. The van der Waals surface area contributed by atoms with Gasteiger partial charge in [-0.15, -0.1) is 0 Å². The van der Waals surface area contributed by atoms with Gasteiger partial charge in [0.15, 0.2) is 0 Å². The average Bonchev–Trinajstić information content (AvgIpc) is 2.38. The van der Waals surface area contributed by atoms with E-state index in [2.05, 4.69) is 5.32 Å². The highest BCUT2D eigenvalue weighted by atomic mass is 19.1. The van der Waals surface area contributed by atoms with Crippen LogP contribution in [0.5, 0.6) is 11.5 Å². The van der Waals surface area contributed by atoms with Gasteiger partial charge in [-0.2, -0.15) is 0 Å². The van der Waals surface area contributed by atoms with Crippen LogP contribution in [0, 0.1) is 5.82 Å². The molecule has 0 spiro atoms. The fourth-order valence-electron chi connectivity index (χ4n) is 1.61. The number of benzene rings is 2. The van der Waals surface area contributed by atoms with Crippen LogP contribution in [0.1, 0.15) is 0 Å². The van der Waals surface area contributed by atoms with Gasteiger partial charge in [0.05, 0.1) is 14.2 Å². The molecule has 0 unspecified atom stereocenters. The largest absolute Gasteiger partial charge is 0.497 e. The van der Waals surface area contributed by atoms with Crippen molar-refractivity contribution in [1.82, 2.24) is 0 Å². The van der Waals surface area contributed by atoms with Crippen molar-refractivity contribution in [2.75, 3.05) is 19.5 Å². The molecule has 18 heavy (non-hydrogen) atoms. The minimum Gasteiger partial charge on any atom is -0.497 e. The zero-order valence-electron chi connectivity index (χ0n) is 10.2. The summed E-state index contributed by atoms with van der Waals surface area (Å²) in [5.41, 5.74) is 1.45. The Bertz CT molecular complexity index is 521. The Balaban J connectivity index is 2.28. The van der Waals surface area contributed by atoms with Crippen LogP contribution >= 0.6 is 0 Å². The molecule has 2 rings (SSSR count). The molecule has 0 aromatic heterocycles. The van der Waals surface area contributed by atoms with Crippen molar-refractivity contribution in [3.05, 3.63) is 48.3 Å². The lowest BCUT2D eigenvalue weighted by molar-refractivity contribution is 0.395. The van der Waals surface area contributed by atoms with Crippen molar-refractivity contribution in [3.8, 4) is 11.5 Å². The molecule has 0 atom stereocenters. The van der Waals surface area contributed by atoms with Gasteiger partial charge in [0.2, 0.25) is 0 Å². The molecule has 0 aliphatic heterocycles. The molecular weight excluding hydrogens is 233 g/mol. The second-order valence-electron chi connectivity index (χ2n) is 3.74. The van der Waals surface area contributed by atoms with E-state index < -0.39 is 0 Å². The molecule has 0 heterocycles. The summed E-state index contributed by atoms with van der Waals surface area (Å²) in [4.78, 5) is 0. The molecule has 4 heteroatoms. The maximum atomic E-state index is 13.1. The highest BCUT2D eigenvalue weighted by molar-refractivity contribution is 5.63. The molecule has 2 aromatic carbocycles. The van der Waals surface area contributed by atoms with Crippen molar-refractivity contribution in [1.29, 1.82) is 0 Å². The van der Waals surface area contributed by atoms with Gasteiger partial charge in [-0.05, 0) is 18.2 Å². The zero-order chi connectivity index (χ0) is 13.0. The number of methoxy groups -OCH3 is 2. The van der Waals surface area contributed by atoms with Crippen molar-refractivity contribution >= 4 is 11.4 Å². The normalized spacial score (nSPS) is 9.94. The number of halogens is 1. The Labute approximate surface area is 105 Å². The summed E-state index contributed by atoms with van der Waals surface area (Å²) in [7, 11) is 3.17. The van der Waals surface area contributed by atoms with Gasteiger partial charge >= 0.3 is 0 Å². The van der Waals surface area contributed by atoms with Crippen molar-refractivity contribution in [3.63, 3.8) is 0 Å². The Morgan fingerprint density at radius 1 is 0.889 bits per heavy atom. The van der Waals surface area contributed by atoms with E-state index >= 15 is 0 Å². The SMILES string of the molecule is COc1cc(Nc2cccc(F)c2)cc(OC)c1. The minimum atomic E-state index is -0.283. The Hall–Kier alpha value is -2.23. The summed E-state index contributed by atoms with van der Waals surface area (Å²) < 4.78 is 23.4. The summed E-state index contributed by atoms with van der Waals surface area (Å²) in [5.74, 6) is 1.07. The van der Waals surface area contributed by atoms with Crippen LogP contribution in [0.15, 0.2) is 42.5 Å². The summed E-state index contributed by atoms with van der Waals surface area (Å²) in [5, 5.41) is 3.09. The molecule has 0 saturated carbocycles. The molecule has 0 amide bonds. The molecule has 2 aromatic rings. The third kappa shape index (κ3) is 2.91. The zero-order valence-corrected chi connectivity index (χ0v) is 10.2. The van der Waals surface area contributed by atoms with E-state index in [1.807, 2.05) is 12.1 Å². The Morgan fingerprint density at radius 3 is 2.11 bits per heavy atom. The molecular formula is C14H14FNO2. The van der Waals surface area contributed by atoms with Gasteiger partial charge in [0, 0.05) is 29.6 Å². The van der Waals surface area contributed by atoms with E-state index in [-0.39, 0.29) is 5.82 Å². The molecule has 94 valence electrons. The molecule has 0 aliphatic rings. The highest BCUT2D eigenvalue weighted by Gasteiger charge is 2.02. The predicted molar refractivity (Wildman–Crippen MR) is 69.2 cm³/mol. The van der Waals surface area contributed by atoms with Gasteiger partial charge in [0.1, 0.15) is 17.3 Å². The minimum absolute atomic E-state index is 0.283. The third-order valence-corrected chi connectivity index (χ3v) is 2.46. The van der Waals surface area contributed by atoms with Crippen LogP contribution < -0.4 is 14.8 Å². The van der Waals surface area contributed by atoms with E-state index in [4.69, 9.17) is 9.47 Å². The number of nitrogens with one attached hydrogen (secondary N) is 1. The fraction of sp³-hybridized carbons (Fsp3) is 0.143. The first kappa shape index (κ1) is 12.2. The van der Waals surface area contributed by atoms with Gasteiger partial charge in [-0.25, -0.2) is 4.39 Å². The van der Waals surface area contributed by atoms with E-state index in [1.165, 1.54) is 12.1 Å². The van der Waals surface area contributed by atoms with Crippen molar-refractivity contribution < 1.29 is 13.9 Å². The number of hydrogen-bond donors (Lipinski definition) is 1. The van der Waals surface area contributed by atoms with Gasteiger partial charge in [-0.1, -0.05) is 6.07 Å². The predicted octanol–water partition coefficient (Wildman–Crippen LogP) is 3.59. The number of ether oxygens (including phenoxy) is 2. The highest BCUT2D eigenvalue weighted by Crippen LogP contribution is 2.28. The lowest BCUT2D eigenvalue weighted by Gasteiger charge is -2.10. The third-order valence-electron chi connectivity index (χ3n) is 2.46. The van der Waals surface area contributed by atoms with Crippen LogP contribution in [-0.4, -0.2) is 14.2 Å². The summed E-state index contributed by atoms with van der Waals surface area (Å²) >= 11 is 0. The van der Waals surface area contributed by atoms with Crippen LogP contribution in [0.2, 0.25) is 0 Å². The second kappa shape index (κ2) is 5.40. The van der Waals surface area contributed by atoms with Crippen LogP contribution in [-0.2, 0) is 0 Å². The van der Waals surface area contributed by atoms with E-state index in [0.29, 0.717) is 17.2 Å². The quantitative estimate of drug-likeness (QED) is 0.895. The van der Waals surface area contributed by atoms with Gasteiger partial charge < -0.3 is 14.8 Å². The maximum absolute atomic E-state index is 13.1. The van der Waals surface area contributed by atoms with Gasteiger partial charge in [0.25, 0.3) is 0 Å². The molecule has 0 aliphatic carbocycles. The molecule has 3 nitrogen and oxygen atoms in total. The monoisotopic (exact) mass is 247 g/mol. The first-order valence-corrected chi connectivity index (χ1v) is 5.47. The molecule has 0 fully saturated rings. The van der Waals surface area contributed by atoms with Crippen LogP contribution in [0.25, 0.3) is 0 Å². The van der Waals surface area contributed by atoms with Gasteiger partial charge in [-0.3, -0.25) is 0 Å². The first-order chi connectivity index (χ1) is 8.71. The summed E-state index contributed by atoms with van der Waals surface area (Å²) in [6.45, 7) is 0.